The lowest BCUT2D eigenvalue weighted by molar-refractivity contribution is 0.0726. The zero-order valence-electron chi connectivity index (χ0n) is 16.3. The summed E-state index contributed by atoms with van der Waals surface area (Å²) in [5, 5.41) is 9.78. The Balaban J connectivity index is 1.97. The number of aromatic hydroxyl groups is 1. The topological polar surface area (TPSA) is 71.8 Å². The summed E-state index contributed by atoms with van der Waals surface area (Å²) in [6.07, 6.45) is 1.88. The van der Waals surface area contributed by atoms with Gasteiger partial charge in [-0.25, -0.2) is 0 Å². The highest BCUT2D eigenvalue weighted by Crippen LogP contribution is 2.32. The zero-order chi connectivity index (χ0) is 19.7. The molecule has 0 unspecified atom stereocenters. The fourth-order valence-corrected chi connectivity index (χ4v) is 3.49. The summed E-state index contributed by atoms with van der Waals surface area (Å²) in [6, 6.07) is 7.10. The van der Waals surface area contributed by atoms with Gasteiger partial charge in [-0.05, 0) is 62.9 Å². The average molecular weight is 370 g/mol. The van der Waals surface area contributed by atoms with Crippen LogP contribution in [0.1, 0.15) is 46.9 Å². The molecule has 1 aliphatic rings. The molecule has 2 aromatic rings. The van der Waals surface area contributed by atoms with E-state index < -0.39 is 0 Å². The number of methoxy groups -OCH3 is 1. The Kier molecular flexibility index (Phi) is 5.26. The van der Waals surface area contributed by atoms with Crippen LogP contribution >= 0.6 is 0 Å². The van der Waals surface area contributed by atoms with E-state index in [0.717, 1.165) is 24.1 Å². The van der Waals surface area contributed by atoms with E-state index in [-0.39, 0.29) is 28.8 Å². The van der Waals surface area contributed by atoms with Crippen molar-refractivity contribution in [2.45, 2.75) is 52.7 Å². The smallest absolute Gasteiger partial charge is 0.263 e. The Morgan fingerprint density at radius 3 is 2.59 bits per heavy atom. The lowest BCUT2D eigenvalue weighted by atomic mass is 10.1. The molecule has 0 radical (unpaired) electrons. The van der Waals surface area contributed by atoms with E-state index in [2.05, 4.69) is 0 Å². The molecular formula is C21H26N2O4. The van der Waals surface area contributed by atoms with Gasteiger partial charge in [-0.15, -0.1) is 0 Å². The summed E-state index contributed by atoms with van der Waals surface area (Å²) in [7, 11) is 1.49. The normalized spacial score (nSPS) is 13.5. The fraction of sp³-hybridized carbons (Fsp3) is 0.429. The van der Waals surface area contributed by atoms with Crippen LogP contribution in [-0.2, 0) is 13.1 Å². The Hall–Kier alpha value is -2.76. The number of phenolic OH excluding ortho intramolecular Hbond substituents is 1. The highest BCUT2D eigenvalue weighted by Gasteiger charge is 2.35. The number of carbonyl (C=O) groups excluding carboxylic acids is 1. The van der Waals surface area contributed by atoms with Crippen LogP contribution in [0.2, 0.25) is 0 Å². The monoisotopic (exact) mass is 370 g/mol. The molecule has 27 heavy (non-hydrogen) atoms. The second-order valence-electron chi connectivity index (χ2n) is 7.06. The third-order valence-corrected chi connectivity index (χ3v) is 5.08. The van der Waals surface area contributed by atoms with Gasteiger partial charge in [-0.1, -0.05) is 6.07 Å². The first kappa shape index (κ1) is 19.0. The summed E-state index contributed by atoms with van der Waals surface area (Å²) in [6.45, 7) is 6.51. The predicted molar refractivity (Wildman–Crippen MR) is 103 cm³/mol. The van der Waals surface area contributed by atoms with Crippen LogP contribution in [0.3, 0.4) is 0 Å². The number of rotatable bonds is 6. The molecule has 0 aliphatic heterocycles. The van der Waals surface area contributed by atoms with E-state index in [1.807, 2.05) is 26.8 Å². The van der Waals surface area contributed by atoms with Crippen molar-refractivity contribution in [2.75, 3.05) is 7.11 Å². The van der Waals surface area contributed by atoms with Crippen LogP contribution in [0, 0.1) is 13.8 Å². The van der Waals surface area contributed by atoms with Gasteiger partial charge in [0, 0.05) is 24.8 Å². The quantitative estimate of drug-likeness (QED) is 0.848. The SMILES string of the molecule is CCn1c(C)cc(C)c(C(=O)N(Cc2ccc(O)c(OC)c2)C2CC2)c1=O. The first-order valence-electron chi connectivity index (χ1n) is 9.25. The minimum atomic E-state index is -0.228. The summed E-state index contributed by atoms with van der Waals surface area (Å²) < 4.78 is 6.80. The summed E-state index contributed by atoms with van der Waals surface area (Å²) >= 11 is 0. The number of amides is 1. The summed E-state index contributed by atoms with van der Waals surface area (Å²) in [4.78, 5) is 28.0. The second-order valence-corrected chi connectivity index (χ2v) is 7.06. The minimum Gasteiger partial charge on any atom is -0.504 e. The van der Waals surface area contributed by atoms with Gasteiger partial charge in [0.1, 0.15) is 5.56 Å². The Bertz CT molecular complexity index is 929. The first-order chi connectivity index (χ1) is 12.9. The molecule has 6 nitrogen and oxygen atoms in total. The standard InChI is InChI=1S/C21H26N2O4/c1-5-22-14(3)10-13(2)19(20(22)25)21(26)23(16-7-8-16)12-15-6-9-17(24)18(11-15)27-4/h6,9-11,16,24H,5,7-8,12H2,1-4H3. The van der Waals surface area contributed by atoms with Gasteiger partial charge < -0.3 is 19.3 Å². The molecule has 3 rings (SSSR count). The fourth-order valence-electron chi connectivity index (χ4n) is 3.49. The molecule has 0 saturated heterocycles. The first-order valence-corrected chi connectivity index (χ1v) is 9.25. The van der Waals surface area contributed by atoms with Gasteiger partial charge in [0.15, 0.2) is 11.5 Å². The minimum absolute atomic E-state index is 0.0609. The molecule has 1 saturated carbocycles. The van der Waals surface area contributed by atoms with Crippen molar-refractivity contribution in [1.82, 2.24) is 9.47 Å². The van der Waals surface area contributed by atoms with E-state index in [1.54, 1.807) is 27.7 Å². The molecule has 0 atom stereocenters. The van der Waals surface area contributed by atoms with E-state index in [1.165, 1.54) is 7.11 Å². The Morgan fingerprint density at radius 2 is 2.00 bits per heavy atom. The van der Waals surface area contributed by atoms with Crippen molar-refractivity contribution in [3.63, 3.8) is 0 Å². The number of pyridine rings is 1. The van der Waals surface area contributed by atoms with Gasteiger partial charge in [-0.3, -0.25) is 9.59 Å². The lowest BCUT2D eigenvalue weighted by Crippen LogP contribution is -2.39. The largest absolute Gasteiger partial charge is 0.504 e. The zero-order valence-corrected chi connectivity index (χ0v) is 16.3. The maximum atomic E-state index is 13.3. The molecule has 1 heterocycles. The van der Waals surface area contributed by atoms with Crippen LogP contribution in [0.5, 0.6) is 11.5 Å². The van der Waals surface area contributed by atoms with E-state index >= 15 is 0 Å². The Labute approximate surface area is 159 Å². The van der Waals surface area contributed by atoms with Gasteiger partial charge in [0.05, 0.1) is 7.11 Å². The number of hydrogen-bond acceptors (Lipinski definition) is 4. The molecule has 144 valence electrons. The predicted octanol–water partition coefficient (Wildman–Crippen LogP) is 3.00. The maximum Gasteiger partial charge on any atom is 0.263 e. The van der Waals surface area contributed by atoms with Crippen LogP contribution in [0.25, 0.3) is 0 Å². The summed E-state index contributed by atoms with van der Waals surface area (Å²) in [5.74, 6) is 0.204. The van der Waals surface area contributed by atoms with Crippen LogP contribution in [0.4, 0.5) is 0 Å². The maximum absolute atomic E-state index is 13.3. The number of ether oxygens (including phenoxy) is 1. The molecule has 6 heteroatoms. The van der Waals surface area contributed by atoms with Crippen molar-refractivity contribution in [3.05, 3.63) is 57.0 Å². The van der Waals surface area contributed by atoms with E-state index in [0.29, 0.717) is 24.4 Å². The Morgan fingerprint density at radius 1 is 1.30 bits per heavy atom. The van der Waals surface area contributed by atoms with Crippen molar-refractivity contribution in [2.24, 2.45) is 0 Å². The molecule has 0 spiro atoms. The van der Waals surface area contributed by atoms with Crippen LogP contribution in [0.15, 0.2) is 29.1 Å². The van der Waals surface area contributed by atoms with Crippen molar-refractivity contribution >= 4 is 5.91 Å². The molecule has 1 amide bonds. The highest BCUT2D eigenvalue weighted by molar-refractivity contribution is 5.95. The average Bonchev–Trinajstić information content (AvgIpc) is 3.45. The van der Waals surface area contributed by atoms with Gasteiger partial charge in [-0.2, -0.15) is 0 Å². The highest BCUT2D eigenvalue weighted by atomic mass is 16.5. The lowest BCUT2D eigenvalue weighted by Gasteiger charge is -2.24. The third-order valence-electron chi connectivity index (χ3n) is 5.08. The molecule has 0 bridgehead atoms. The summed E-state index contributed by atoms with van der Waals surface area (Å²) in [5.41, 5.74) is 2.44. The van der Waals surface area contributed by atoms with Crippen molar-refractivity contribution in [1.29, 1.82) is 0 Å². The molecule has 1 aromatic carbocycles. The number of nitrogens with zero attached hydrogens (tertiary/aromatic N) is 2. The number of phenols is 1. The second kappa shape index (κ2) is 7.47. The number of carbonyl (C=O) groups is 1. The van der Waals surface area contributed by atoms with Crippen molar-refractivity contribution < 1.29 is 14.6 Å². The van der Waals surface area contributed by atoms with Gasteiger partial charge in [0.25, 0.3) is 11.5 Å². The molecule has 1 aromatic heterocycles. The molecular weight excluding hydrogens is 344 g/mol. The molecule has 1 aliphatic carbocycles. The number of aromatic nitrogens is 1. The molecule has 1 N–H and O–H groups in total. The third kappa shape index (κ3) is 3.70. The van der Waals surface area contributed by atoms with Gasteiger partial charge >= 0.3 is 0 Å². The number of hydrogen-bond donors (Lipinski definition) is 1. The van der Waals surface area contributed by atoms with Gasteiger partial charge in [0.2, 0.25) is 0 Å². The van der Waals surface area contributed by atoms with E-state index in [9.17, 15) is 14.7 Å². The number of benzene rings is 1. The van der Waals surface area contributed by atoms with Crippen LogP contribution < -0.4 is 10.3 Å². The molecule has 1 fully saturated rings. The van der Waals surface area contributed by atoms with Crippen molar-refractivity contribution in [3.8, 4) is 11.5 Å². The van der Waals surface area contributed by atoms with E-state index in [4.69, 9.17) is 4.74 Å². The number of aryl methyl sites for hydroxylation is 2. The van der Waals surface area contributed by atoms with Crippen LogP contribution in [-0.4, -0.2) is 33.6 Å².